The Kier molecular flexibility index (Phi) is 31.4. The predicted octanol–water partition coefficient (Wildman–Crippen LogP) is 13.2. The zero-order valence-corrected chi connectivity index (χ0v) is 49.4. The van der Waals surface area contributed by atoms with E-state index in [2.05, 4.69) is 48.0 Å². The van der Waals surface area contributed by atoms with E-state index >= 15 is 0 Å². The Balaban J connectivity index is 0.000000212. The van der Waals surface area contributed by atoms with Gasteiger partial charge in [0, 0.05) is 63.6 Å². The van der Waals surface area contributed by atoms with Crippen LogP contribution in [-0.4, -0.2) is 93.1 Å². The summed E-state index contributed by atoms with van der Waals surface area (Å²) in [7, 11) is 1.94. The van der Waals surface area contributed by atoms with Gasteiger partial charge in [-0.15, -0.1) is 0 Å². The molecule has 0 bridgehead atoms. The van der Waals surface area contributed by atoms with E-state index in [-0.39, 0.29) is 31.0 Å². The van der Waals surface area contributed by atoms with Gasteiger partial charge in [0.25, 0.3) is 23.5 Å². The van der Waals surface area contributed by atoms with Crippen LogP contribution in [0.2, 0.25) is 0 Å². The number of nitrogens with one attached hydrogen (secondary N) is 3. The van der Waals surface area contributed by atoms with Crippen molar-refractivity contribution in [1.29, 1.82) is 0 Å². The molecule has 4 aromatic carbocycles. The summed E-state index contributed by atoms with van der Waals surface area (Å²) in [5.74, 6) is 4.37. The number of pyridine rings is 4. The highest BCUT2D eigenvalue weighted by Gasteiger charge is 2.20. The topological polar surface area (TPSA) is 188 Å². The highest BCUT2D eigenvalue weighted by atomic mass is 18.2. The molecule has 8 rings (SSSR count). The Bertz CT molecular complexity index is 3040. The lowest BCUT2D eigenvalue weighted by molar-refractivity contribution is 0.178. The molecule has 0 saturated heterocycles. The molecular formula is C67H84F2N8O8. The van der Waals surface area contributed by atoms with E-state index in [1.807, 2.05) is 174 Å². The predicted molar refractivity (Wildman–Crippen MR) is 330 cm³/mol. The van der Waals surface area contributed by atoms with Crippen molar-refractivity contribution in [2.24, 2.45) is 5.73 Å². The molecule has 0 spiro atoms. The van der Waals surface area contributed by atoms with Crippen LogP contribution in [0.4, 0.5) is 8.78 Å². The molecule has 0 aliphatic carbocycles. The average molecular weight is 1170 g/mol. The average Bonchev–Trinajstić information content (AvgIpc) is 3.64. The van der Waals surface area contributed by atoms with E-state index < -0.39 is 13.5 Å². The van der Waals surface area contributed by atoms with Gasteiger partial charge in [-0.2, -0.15) is 0 Å². The largest absolute Gasteiger partial charge is 0.480 e. The summed E-state index contributed by atoms with van der Waals surface area (Å²) < 4.78 is 85.3. The first-order chi connectivity index (χ1) is 42.5. The number of hydrogen-bond donors (Lipinski definition) is 4. The highest BCUT2D eigenvalue weighted by molar-refractivity contribution is 5.37. The van der Waals surface area contributed by atoms with Crippen LogP contribution in [0.5, 0.6) is 46.5 Å². The van der Waals surface area contributed by atoms with Gasteiger partial charge in [0.2, 0.25) is 0 Å². The maximum Gasteiger partial charge on any atom is 0.257 e. The fourth-order valence-corrected chi connectivity index (χ4v) is 8.28. The van der Waals surface area contributed by atoms with Crippen LogP contribution in [0.25, 0.3) is 0 Å². The molecule has 5 N–H and O–H groups in total. The molecule has 0 aliphatic heterocycles. The van der Waals surface area contributed by atoms with E-state index in [0.29, 0.717) is 98.9 Å². The van der Waals surface area contributed by atoms with Gasteiger partial charge in [-0.1, -0.05) is 121 Å². The molecule has 4 atom stereocenters. The van der Waals surface area contributed by atoms with Gasteiger partial charge in [0.15, 0.2) is 23.0 Å². The Labute approximate surface area is 503 Å². The van der Waals surface area contributed by atoms with Crippen molar-refractivity contribution >= 4 is 0 Å². The molecule has 16 nitrogen and oxygen atoms in total. The minimum atomic E-state index is -2.91. The molecule has 0 fully saturated rings. The molecule has 0 unspecified atom stereocenters. The number of hydrogen-bond acceptors (Lipinski definition) is 16. The maximum absolute atomic E-state index is 13.0. The van der Waals surface area contributed by atoms with Crippen molar-refractivity contribution in [3.63, 3.8) is 0 Å². The number of ether oxygens (including phenoxy) is 8. The van der Waals surface area contributed by atoms with Crippen LogP contribution >= 0.6 is 0 Å². The zero-order valence-electron chi connectivity index (χ0n) is 51.4. The summed E-state index contributed by atoms with van der Waals surface area (Å²) in [6.45, 7) is 8.37. The first-order valence-corrected chi connectivity index (χ1v) is 28.8. The lowest BCUT2D eigenvalue weighted by Crippen LogP contribution is -2.19. The third-order valence-corrected chi connectivity index (χ3v) is 12.2. The molecule has 85 heavy (non-hydrogen) atoms. The quantitative estimate of drug-likeness (QED) is 0.0224. The van der Waals surface area contributed by atoms with E-state index in [4.69, 9.17) is 46.4 Å². The second-order valence-electron chi connectivity index (χ2n) is 18.2. The van der Waals surface area contributed by atoms with E-state index in [1.165, 1.54) is 0 Å². The molecule has 0 radical (unpaired) electrons. The zero-order chi connectivity index (χ0) is 62.2. The minimum absolute atomic E-state index is 0.0259. The second kappa shape index (κ2) is 41.6. The van der Waals surface area contributed by atoms with Crippen LogP contribution < -0.4 is 59.6 Å². The van der Waals surface area contributed by atoms with Gasteiger partial charge in [-0.25, -0.2) is 28.7 Å². The number of alkyl halides is 2. The third-order valence-electron chi connectivity index (χ3n) is 12.2. The van der Waals surface area contributed by atoms with Crippen LogP contribution in [0.1, 0.15) is 103 Å². The van der Waals surface area contributed by atoms with Crippen molar-refractivity contribution in [1.82, 2.24) is 35.9 Å². The molecule has 0 aliphatic rings. The lowest BCUT2D eigenvalue weighted by atomic mass is 10.1. The first kappa shape index (κ1) is 64.1. The summed E-state index contributed by atoms with van der Waals surface area (Å²) in [4.78, 5) is 16.8. The van der Waals surface area contributed by atoms with E-state index in [1.54, 1.807) is 43.0 Å². The van der Waals surface area contributed by atoms with Crippen LogP contribution in [0.15, 0.2) is 195 Å². The van der Waals surface area contributed by atoms with Crippen molar-refractivity contribution in [2.45, 2.75) is 77.8 Å². The first-order valence-electron chi connectivity index (χ1n) is 29.8. The number of nitrogens with zero attached hydrogens (tertiary/aromatic N) is 4. The van der Waals surface area contributed by atoms with Gasteiger partial charge in [0.05, 0.1) is 29.2 Å². The van der Waals surface area contributed by atoms with Crippen molar-refractivity contribution in [3.8, 4) is 46.5 Å². The van der Waals surface area contributed by atoms with Crippen molar-refractivity contribution in [3.05, 3.63) is 217 Å². The summed E-state index contributed by atoms with van der Waals surface area (Å²) in [5.41, 5.74) is 9.89. The molecule has 0 amide bonds. The number of rotatable bonds is 33. The van der Waals surface area contributed by atoms with Gasteiger partial charge < -0.3 is 48.9 Å². The van der Waals surface area contributed by atoms with Gasteiger partial charge in [-0.3, -0.25) is 10.6 Å². The minimum Gasteiger partial charge on any atom is -0.480 e. The molecule has 8 aromatic rings. The molecule has 18 heteroatoms. The van der Waals surface area contributed by atoms with E-state index in [9.17, 15) is 8.78 Å². The standard InChI is InChI=1S/2C17H21FN2O2.C17H22N2O2.C16H20N2O2/c2*1-2-21-17-16(9-6-11-20-17)22-15(10-12-19-13-18)14-7-4-3-5-8-14;1-3-20-17-16(10-7-12-19-17)21-15(11-13-18-2)14-8-5-4-6-9-14;1-2-19-16-15(9-6-12-18-16)20-14(10-11-17)13-7-4-3-5-8-13/h2*3-9,11,15,19H,2,10,12-13H2,1H3;4-10,12,15,18H,3,11,13H2,1-2H3;3-9,12,14H,2,10-11,17H2,1H3/t3*15-;14-/m1111/s1/i13D2,18-1;18-1;2-1;. The third kappa shape index (κ3) is 24.8. The van der Waals surface area contributed by atoms with Crippen molar-refractivity contribution < 1.29 is 49.4 Å². The molecule has 0 saturated carbocycles. The highest BCUT2D eigenvalue weighted by Crippen LogP contribution is 2.34. The Morgan fingerprint density at radius 1 is 0.400 bits per heavy atom. The van der Waals surface area contributed by atoms with Crippen molar-refractivity contribution in [2.75, 3.05) is 73.2 Å². The lowest BCUT2D eigenvalue weighted by Gasteiger charge is -2.20. The number of halogens is 2. The Hall–Kier alpha value is -8.42. The smallest absolute Gasteiger partial charge is 0.257 e. The summed E-state index contributed by atoms with van der Waals surface area (Å²) in [6.07, 6.45) is 8.64. The molecule has 454 valence electrons. The summed E-state index contributed by atoms with van der Waals surface area (Å²) >= 11 is 0. The SMILES string of the molecule is CCOc1ncccc1O[C@H](CCN)c1ccccc1.CCOc1ncccc1O[C@H](CCNC[18F])c1ccccc1.CCOc1ncccc1O[C@H](CCN[11CH3])c1ccccc1.[2H]C([2H])([18F])NCC[C@@H](Oc1cccnc1OCC)c1ccccc1. The van der Waals surface area contributed by atoms with Crippen LogP contribution in [0.3, 0.4) is 0 Å². The summed E-state index contributed by atoms with van der Waals surface area (Å²) in [6, 6.07) is 54.2. The van der Waals surface area contributed by atoms with Gasteiger partial charge >= 0.3 is 0 Å². The van der Waals surface area contributed by atoms with Crippen LogP contribution in [-0.2, 0) is 0 Å². The molecule has 4 heterocycles. The monoisotopic (exact) mass is 1170 g/mol. The Morgan fingerprint density at radius 3 is 0.941 bits per heavy atom. The molecular weight excluding hydrogens is 1080 g/mol. The fraction of sp³-hybridized carbons (Fsp3) is 0.343. The van der Waals surface area contributed by atoms with Crippen LogP contribution in [0, 0.1) is 0 Å². The number of nitrogens with two attached hydrogens (primary N) is 1. The second-order valence-corrected chi connectivity index (χ2v) is 18.2. The van der Waals surface area contributed by atoms with Gasteiger partial charge in [0.1, 0.15) is 38.0 Å². The maximum atomic E-state index is 13.0. The normalized spacial score (nSPS) is 12.4. The number of aromatic nitrogens is 4. The fourth-order valence-electron chi connectivity index (χ4n) is 8.28. The Morgan fingerprint density at radius 2 is 0.682 bits per heavy atom. The van der Waals surface area contributed by atoms with Gasteiger partial charge in [-0.05, 0) is 119 Å². The molecule has 4 aromatic heterocycles. The summed E-state index contributed by atoms with van der Waals surface area (Å²) in [5, 5.41) is 8.03. The van der Waals surface area contributed by atoms with E-state index in [0.717, 1.165) is 41.6 Å². The number of benzene rings is 4.